The molecule has 4 heteroatoms. The molecule has 4 nitrogen and oxygen atoms in total. The molecule has 1 aromatic heterocycles. The maximum Gasteiger partial charge on any atom is 0.137 e. The summed E-state index contributed by atoms with van der Waals surface area (Å²) in [6.07, 6.45) is 2.16. The first-order valence-corrected chi connectivity index (χ1v) is 8.10. The summed E-state index contributed by atoms with van der Waals surface area (Å²) < 4.78 is 0. The van der Waals surface area contributed by atoms with Crippen LogP contribution in [0.2, 0.25) is 0 Å². The molecule has 1 N–H and O–H groups in total. The van der Waals surface area contributed by atoms with Gasteiger partial charge in [0, 0.05) is 30.6 Å². The second kappa shape index (κ2) is 7.10. The van der Waals surface area contributed by atoms with Crippen LogP contribution in [-0.4, -0.2) is 29.1 Å². The fourth-order valence-electron chi connectivity index (χ4n) is 2.05. The third-order valence-electron chi connectivity index (χ3n) is 4.29. The monoisotopic (exact) mass is 292 g/mol. The molecule has 0 saturated heterocycles. The van der Waals surface area contributed by atoms with Crippen LogP contribution in [0.3, 0.4) is 0 Å². The Labute approximate surface area is 130 Å². The lowest BCUT2D eigenvalue weighted by Gasteiger charge is -2.37. The average Bonchev–Trinajstić information content (AvgIpc) is 2.45. The van der Waals surface area contributed by atoms with Gasteiger partial charge in [0.15, 0.2) is 0 Å². The average molecular weight is 292 g/mol. The molecule has 21 heavy (non-hydrogen) atoms. The molecule has 1 aromatic rings. The minimum absolute atomic E-state index is 0.0788. The number of anilines is 2. The Kier molecular flexibility index (Phi) is 5.99. The largest absolute Gasteiger partial charge is 0.370 e. The fourth-order valence-corrected chi connectivity index (χ4v) is 2.05. The molecule has 120 valence electrons. The molecule has 0 saturated carbocycles. The molecule has 0 fully saturated rings. The summed E-state index contributed by atoms with van der Waals surface area (Å²) in [4.78, 5) is 11.8. The van der Waals surface area contributed by atoms with Crippen molar-refractivity contribution in [2.24, 2.45) is 0 Å². The zero-order valence-corrected chi connectivity index (χ0v) is 15.0. The second-order valence-corrected chi connectivity index (χ2v) is 6.69. The summed E-state index contributed by atoms with van der Waals surface area (Å²) in [7, 11) is 2.13. The van der Waals surface area contributed by atoms with E-state index >= 15 is 0 Å². The zero-order chi connectivity index (χ0) is 16.2. The third kappa shape index (κ3) is 4.08. The maximum absolute atomic E-state index is 4.83. The molecular weight excluding hydrogens is 260 g/mol. The Hall–Kier alpha value is -1.32. The van der Waals surface area contributed by atoms with Crippen LogP contribution in [0, 0.1) is 6.92 Å². The van der Waals surface area contributed by atoms with Crippen LogP contribution in [0.4, 0.5) is 11.6 Å². The highest BCUT2D eigenvalue weighted by atomic mass is 15.2. The van der Waals surface area contributed by atoms with Gasteiger partial charge in [-0.15, -0.1) is 0 Å². The van der Waals surface area contributed by atoms with E-state index in [9.17, 15) is 0 Å². The van der Waals surface area contributed by atoms with Gasteiger partial charge in [-0.05, 0) is 33.6 Å². The quantitative estimate of drug-likeness (QED) is 0.811. The first-order chi connectivity index (χ1) is 9.74. The van der Waals surface area contributed by atoms with E-state index in [1.807, 2.05) is 0 Å². The third-order valence-corrected chi connectivity index (χ3v) is 4.29. The van der Waals surface area contributed by atoms with E-state index in [0.717, 1.165) is 42.4 Å². The van der Waals surface area contributed by atoms with Crippen molar-refractivity contribution in [3.05, 3.63) is 11.4 Å². The number of nitrogens with zero attached hydrogens (tertiary/aromatic N) is 3. The Balaban J connectivity index is 3.32. The molecule has 0 spiro atoms. The summed E-state index contributed by atoms with van der Waals surface area (Å²) in [6.45, 7) is 16.2. The van der Waals surface area contributed by atoms with Crippen molar-refractivity contribution in [1.82, 2.24) is 9.97 Å². The predicted octanol–water partition coefficient (Wildman–Crippen LogP) is 4.36. The first kappa shape index (κ1) is 17.7. The molecule has 1 rings (SSSR count). The van der Waals surface area contributed by atoms with Crippen LogP contribution in [-0.2, 0) is 0 Å². The lowest BCUT2D eigenvalue weighted by molar-refractivity contribution is 0.465. The topological polar surface area (TPSA) is 41.1 Å². The molecule has 1 heterocycles. The van der Waals surface area contributed by atoms with Crippen LogP contribution in [0.15, 0.2) is 0 Å². The SMILES string of the molecule is CCCNc1nc(C(C)C)nc(N(C)C(C)(C)CC)c1C. The van der Waals surface area contributed by atoms with Gasteiger partial charge in [0.05, 0.1) is 0 Å². The Morgan fingerprint density at radius 2 is 1.81 bits per heavy atom. The van der Waals surface area contributed by atoms with Gasteiger partial charge in [-0.2, -0.15) is 0 Å². The van der Waals surface area contributed by atoms with Crippen molar-refractivity contribution in [2.75, 3.05) is 23.8 Å². The summed E-state index contributed by atoms with van der Waals surface area (Å²) in [6, 6.07) is 0. The van der Waals surface area contributed by atoms with E-state index < -0.39 is 0 Å². The summed E-state index contributed by atoms with van der Waals surface area (Å²) in [5.41, 5.74) is 1.21. The van der Waals surface area contributed by atoms with Crippen molar-refractivity contribution >= 4 is 11.6 Å². The number of hydrogen-bond acceptors (Lipinski definition) is 4. The standard InChI is InChI=1S/C17H32N4/c1-9-11-18-15-13(5)16(20-14(19-15)12(3)4)21(8)17(6,7)10-2/h12H,9-11H2,1-8H3,(H,18,19,20). The molecule has 0 bridgehead atoms. The molecule has 0 atom stereocenters. The lowest BCUT2D eigenvalue weighted by Crippen LogP contribution is -2.41. The number of rotatable bonds is 7. The van der Waals surface area contributed by atoms with Gasteiger partial charge in [-0.1, -0.05) is 27.7 Å². The highest BCUT2D eigenvalue weighted by molar-refractivity contribution is 5.59. The number of aromatic nitrogens is 2. The van der Waals surface area contributed by atoms with E-state index in [1.54, 1.807) is 0 Å². The molecule has 0 aliphatic carbocycles. The first-order valence-electron chi connectivity index (χ1n) is 8.10. The van der Waals surface area contributed by atoms with Gasteiger partial charge in [-0.3, -0.25) is 0 Å². The van der Waals surface area contributed by atoms with E-state index in [-0.39, 0.29) is 5.54 Å². The smallest absolute Gasteiger partial charge is 0.137 e. The number of hydrogen-bond donors (Lipinski definition) is 1. The molecule has 0 amide bonds. The van der Waals surface area contributed by atoms with Crippen molar-refractivity contribution in [1.29, 1.82) is 0 Å². The lowest BCUT2D eigenvalue weighted by atomic mass is 9.99. The molecule has 0 aromatic carbocycles. The van der Waals surface area contributed by atoms with Crippen LogP contribution in [0.25, 0.3) is 0 Å². The van der Waals surface area contributed by atoms with Gasteiger partial charge in [0.1, 0.15) is 17.5 Å². The highest BCUT2D eigenvalue weighted by Crippen LogP contribution is 2.30. The Morgan fingerprint density at radius 1 is 1.19 bits per heavy atom. The van der Waals surface area contributed by atoms with Gasteiger partial charge in [0.25, 0.3) is 0 Å². The predicted molar refractivity (Wildman–Crippen MR) is 92.4 cm³/mol. The van der Waals surface area contributed by atoms with Gasteiger partial charge in [0.2, 0.25) is 0 Å². The van der Waals surface area contributed by atoms with Gasteiger partial charge in [-0.25, -0.2) is 9.97 Å². The van der Waals surface area contributed by atoms with Crippen LogP contribution in [0.1, 0.15) is 71.7 Å². The van der Waals surface area contributed by atoms with E-state index in [2.05, 4.69) is 65.7 Å². The summed E-state index contributed by atoms with van der Waals surface area (Å²) in [5, 5.41) is 3.44. The minimum Gasteiger partial charge on any atom is -0.370 e. The molecule has 0 radical (unpaired) electrons. The van der Waals surface area contributed by atoms with E-state index in [1.165, 1.54) is 0 Å². The maximum atomic E-state index is 4.83. The van der Waals surface area contributed by atoms with E-state index in [0.29, 0.717) is 5.92 Å². The molecule has 0 unspecified atom stereocenters. The normalized spacial score (nSPS) is 11.9. The van der Waals surface area contributed by atoms with Crippen LogP contribution >= 0.6 is 0 Å². The summed E-state index contributed by atoms with van der Waals surface area (Å²) >= 11 is 0. The Morgan fingerprint density at radius 3 is 2.29 bits per heavy atom. The van der Waals surface area contributed by atoms with Crippen LogP contribution < -0.4 is 10.2 Å². The van der Waals surface area contributed by atoms with Gasteiger partial charge < -0.3 is 10.2 Å². The van der Waals surface area contributed by atoms with Crippen molar-refractivity contribution < 1.29 is 0 Å². The van der Waals surface area contributed by atoms with E-state index in [4.69, 9.17) is 9.97 Å². The highest BCUT2D eigenvalue weighted by Gasteiger charge is 2.26. The number of nitrogens with one attached hydrogen (secondary N) is 1. The van der Waals surface area contributed by atoms with Crippen molar-refractivity contribution in [3.8, 4) is 0 Å². The summed E-state index contributed by atoms with van der Waals surface area (Å²) in [5.74, 6) is 3.25. The van der Waals surface area contributed by atoms with Gasteiger partial charge >= 0.3 is 0 Å². The fraction of sp³-hybridized carbons (Fsp3) is 0.765. The minimum atomic E-state index is 0.0788. The zero-order valence-electron chi connectivity index (χ0n) is 15.0. The molecule has 0 aliphatic heterocycles. The van der Waals surface area contributed by atoms with Crippen molar-refractivity contribution in [2.45, 2.75) is 72.8 Å². The van der Waals surface area contributed by atoms with Crippen LogP contribution in [0.5, 0.6) is 0 Å². The molecule has 0 aliphatic rings. The second-order valence-electron chi connectivity index (χ2n) is 6.69. The molecular formula is C17H32N4. The van der Waals surface area contributed by atoms with Crippen molar-refractivity contribution in [3.63, 3.8) is 0 Å². The Bertz CT molecular complexity index is 466.